The van der Waals surface area contributed by atoms with Crippen molar-refractivity contribution in [3.8, 4) is 0 Å². The first-order valence-electron chi connectivity index (χ1n) is 3.34. The zero-order valence-electron chi connectivity index (χ0n) is 7.48. The topological polar surface area (TPSA) is 63.6 Å². The molecule has 0 saturated carbocycles. The summed E-state index contributed by atoms with van der Waals surface area (Å²) in [5, 5.41) is 0. The average Bonchev–Trinajstić information content (AvgIpc) is 1.92. The van der Waals surface area contributed by atoms with Gasteiger partial charge in [-0.2, -0.15) is 47.7 Å². The third-order valence-corrected chi connectivity index (χ3v) is 1.81. The fraction of sp³-hybridized carbons (Fsp3) is 1.00. The maximum absolute atomic E-state index is 12.6. The van der Waals surface area contributed by atoms with Crippen LogP contribution in [0, 0.1) is 0 Å². The molecule has 110 valence electrons. The molecule has 0 atom stereocenters. The van der Waals surface area contributed by atoms with Crippen molar-refractivity contribution in [2.24, 2.45) is 0 Å². The number of rotatable bonds is 3. The van der Waals surface area contributed by atoms with Gasteiger partial charge in [0.15, 0.2) is 0 Å². The van der Waals surface area contributed by atoms with Crippen LogP contribution in [0.5, 0.6) is 0 Å². The zero-order valence-corrected chi connectivity index (χ0v) is 8.30. The predicted molar refractivity (Wildman–Crippen MR) is 33.5 cm³/mol. The zero-order chi connectivity index (χ0) is 15.2. The van der Waals surface area contributed by atoms with Gasteiger partial charge in [-0.05, 0) is 0 Å². The smallest absolute Gasteiger partial charge is 0.263 e. The molecule has 0 fully saturated rings. The molecule has 0 aromatic heterocycles. The Morgan fingerprint density at radius 2 is 1.06 bits per heavy atom. The van der Waals surface area contributed by atoms with Gasteiger partial charge in [0.25, 0.3) is 0 Å². The minimum Gasteiger partial charge on any atom is -0.263 e. The third kappa shape index (κ3) is 2.97. The highest BCUT2D eigenvalue weighted by atomic mass is 32.3. The lowest BCUT2D eigenvalue weighted by molar-refractivity contribution is -0.433. The monoisotopic (exact) mass is 316 g/mol. The Morgan fingerprint density at radius 1 is 0.778 bits per heavy atom. The van der Waals surface area contributed by atoms with E-state index in [9.17, 15) is 47.9 Å². The molecular formula is C4HF9O4S. The molecule has 14 heteroatoms. The van der Waals surface area contributed by atoms with Crippen LogP contribution in [0.2, 0.25) is 0 Å². The van der Waals surface area contributed by atoms with E-state index in [-0.39, 0.29) is 0 Å². The molecule has 0 aromatic rings. The van der Waals surface area contributed by atoms with Gasteiger partial charge in [0.2, 0.25) is 0 Å². The normalized spacial score (nSPS) is 15.9. The SMILES string of the molecule is O=S(=O)(O)OC(F)(F)C(F)(C(F)(F)F)C(F)(F)F. The lowest BCUT2D eigenvalue weighted by Crippen LogP contribution is -2.65. The molecule has 0 aliphatic heterocycles. The van der Waals surface area contributed by atoms with Crippen molar-refractivity contribution in [1.82, 2.24) is 0 Å². The molecule has 0 bridgehead atoms. The van der Waals surface area contributed by atoms with Crippen molar-refractivity contribution >= 4 is 10.4 Å². The lowest BCUT2D eigenvalue weighted by Gasteiger charge is -2.34. The van der Waals surface area contributed by atoms with Crippen LogP contribution in [0.1, 0.15) is 0 Å². The molecule has 0 saturated heterocycles. The van der Waals surface area contributed by atoms with Gasteiger partial charge in [-0.3, -0.25) is 4.55 Å². The molecule has 0 spiro atoms. The van der Waals surface area contributed by atoms with Gasteiger partial charge in [0.05, 0.1) is 0 Å². The Balaban J connectivity index is 5.93. The minimum atomic E-state index is -7.32. The van der Waals surface area contributed by atoms with E-state index in [2.05, 4.69) is 0 Å². The van der Waals surface area contributed by atoms with Crippen molar-refractivity contribution in [3.05, 3.63) is 0 Å². The fourth-order valence-electron chi connectivity index (χ4n) is 0.680. The maximum Gasteiger partial charge on any atom is 0.440 e. The quantitative estimate of drug-likeness (QED) is 0.641. The number of hydrogen-bond donors (Lipinski definition) is 1. The molecule has 0 aliphatic rings. The molecule has 0 heterocycles. The van der Waals surface area contributed by atoms with Gasteiger partial charge in [0, 0.05) is 0 Å². The van der Waals surface area contributed by atoms with Crippen LogP contribution < -0.4 is 0 Å². The summed E-state index contributed by atoms with van der Waals surface area (Å²) < 4.78 is 137. The second-order valence-corrected chi connectivity index (χ2v) is 3.70. The van der Waals surface area contributed by atoms with E-state index in [0.717, 1.165) is 0 Å². The summed E-state index contributed by atoms with van der Waals surface area (Å²) in [4.78, 5) is 0. The highest BCUT2D eigenvalue weighted by molar-refractivity contribution is 7.80. The molecule has 0 unspecified atom stereocenters. The van der Waals surface area contributed by atoms with E-state index in [1.807, 2.05) is 4.18 Å². The molecule has 0 aromatic carbocycles. The van der Waals surface area contributed by atoms with Gasteiger partial charge in [0.1, 0.15) is 0 Å². The summed E-state index contributed by atoms with van der Waals surface area (Å²) in [5.41, 5.74) is -7.32. The van der Waals surface area contributed by atoms with Crippen LogP contribution in [-0.2, 0) is 14.6 Å². The van der Waals surface area contributed by atoms with Gasteiger partial charge >= 0.3 is 34.5 Å². The van der Waals surface area contributed by atoms with Crippen molar-refractivity contribution in [2.45, 2.75) is 24.1 Å². The summed E-state index contributed by atoms with van der Waals surface area (Å²) in [6.07, 6.45) is -21.4. The average molecular weight is 316 g/mol. The summed E-state index contributed by atoms with van der Waals surface area (Å²) in [6, 6.07) is 0. The maximum atomic E-state index is 12.6. The third-order valence-electron chi connectivity index (χ3n) is 1.39. The van der Waals surface area contributed by atoms with E-state index in [1.165, 1.54) is 0 Å². The largest absolute Gasteiger partial charge is 0.440 e. The second kappa shape index (κ2) is 4.12. The molecule has 1 N–H and O–H groups in total. The van der Waals surface area contributed by atoms with Crippen molar-refractivity contribution in [1.29, 1.82) is 0 Å². The van der Waals surface area contributed by atoms with Crippen molar-refractivity contribution in [2.75, 3.05) is 0 Å². The van der Waals surface area contributed by atoms with Crippen LogP contribution in [-0.4, -0.2) is 37.1 Å². The van der Waals surface area contributed by atoms with Crippen LogP contribution in [0.25, 0.3) is 0 Å². The van der Waals surface area contributed by atoms with Gasteiger partial charge in [-0.25, -0.2) is 4.39 Å². The first-order chi connectivity index (χ1) is 7.46. The molecule has 0 radical (unpaired) electrons. The van der Waals surface area contributed by atoms with Crippen molar-refractivity contribution in [3.63, 3.8) is 0 Å². The summed E-state index contributed by atoms with van der Waals surface area (Å²) in [5.74, 6) is 0. The predicted octanol–water partition coefficient (Wildman–Crippen LogP) is 2.23. The lowest BCUT2D eigenvalue weighted by atomic mass is 10.0. The highest BCUT2D eigenvalue weighted by Crippen LogP contribution is 2.55. The standard InChI is InChI=1S/C4HF9O4S/c5-1(2(6,7)8,3(9,10)11)4(12,13)17-18(14,15)16/h(H,14,15,16). The molecule has 18 heavy (non-hydrogen) atoms. The summed E-state index contributed by atoms with van der Waals surface area (Å²) in [6.45, 7) is 0. The van der Waals surface area contributed by atoms with Crippen molar-refractivity contribution < 1.29 is 56.7 Å². The van der Waals surface area contributed by atoms with Gasteiger partial charge in [-0.15, -0.1) is 0 Å². The summed E-state index contributed by atoms with van der Waals surface area (Å²) >= 11 is 0. The molecule has 0 amide bonds. The Hall–Kier alpha value is -0.760. The molecule has 4 nitrogen and oxygen atoms in total. The highest BCUT2D eigenvalue weighted by Gasteiger charge is 2.86. The Bertz CT molecular complexity index is 391. The number of alkyl halides is 9. The van der Waals surface area contributed by atoms with E-state index < -0.39 is 34.5 Å². The van der Waals surface area contributed by atoms with Crippen LogP contribution in [0.4, 0.5) is 39.5 Å². The van der Waals surface area contributed by atoms with Gasteiger partial charge in [-0.1, -0.05) is 0 Å². The minimum absolute atomic E-state index is 1.82. The first-order valence-corrected chi connectivity index (χ1v) is 4.70. The Kier molecular flexibility index (Phi) is 3.95. The van der Waals surface area contributed by atoms with Crippen LogP contribution in [0.15, 0.2) is 0 Å². The van der Waals surface area contributed by atoms with E-state index in [1.54, 1.807) is 0 Å². The van der Waals surface area contributed by atoms with Gasteiger partial charge < -0.3 is 0 Å². The van der Waals surface area contributed by atoms with Crippen LogP contribution >= 0.6 is 0 Å². The fourth-order valence-corrected chi connectivity index (χ4v) is 1.06. The number of halogens is 9. The Labute approximate surface area is 92.3 Å². The Morgan fingerprint density at radius 3 is 1.22 bits per heavy atom. The van der Waals surface area contributed by atoms with Crippen LogP contribution in [0.3, 0.4) is 0 Å². The molecule has 0 rings (SSSR count). The van der Waals surface area contributed by atoms with E-state index in [0.29, 0.717) is 0 Å². The van der Waals surface area contributed by atoms with E-state index in [4.69, 9.17) is 4.55 Å². The molecular weight excluding hydrogens is 315 g/mol. The number of hydrogen-bond acceptors (Lipinski definition) is 3. The molecule has 0 aliphatic carbocycles. The second-order valence-electron chi connectivity index (χ2n) is 2.68. The van der Waals surface area contributed by atoms with E-state index >= 15 is 0 Å². The summed E-state index contributed by atoms with van der Waals surface area (Å²) in [7, 11) is -6.48. The first kappa shape index (κ1) is 17.2.